The normalized spacial score (nSPS) is 20.1. The molecule has 0 radical (unpaired) electrons. The number of benzene rings is 2. The molecule has 2 aromatic rings. The number of amides is 1. The predicted octanol–water partition coefficient (Wildman–Crippen LogP) is 3.37. The summed E-state index contributed by atoms with van der Waals surface area (Å²) in [5.41, 5.74) is -1.59. The lowest BCUT2D eigenvalue weighted by atomic mass is 10.1. The Labute approximate surface area is 136 Å². The average molecular weight is 336 g/mol. The molecule has 0 bridgehead atoms. The molecule has 1 heterocycles. The van der Waals surface area contributed by atoms with Gasteiger partial charge in [0.2, 0.25) is 0 Å². The van der Waals surface area contributed by atoms with Gasteiger partial charge in [0.15, 0.2) is 0 Å². The van der Waals surface area contributed by atoms with Crippen molar-refractivity contribution in [3.8, 4) is 5.75 Å². The van der Waals surface area contributed by atoms with Gasteiger partial charge in [-0.05, 0) is 30.2 Å². The van der Waals surface area contributed by atoms with E-state index in [0.29, 0.717) is 5.56 Å². The second kappa shape index (κ2) is 5.83. The van der Waals surface area contributed by atoms with Gasteiger partial charge in [-0.1, -0.05) is 36.4 Å². The predicted molar refractivity (Wildman–Crippen MR) is 82.5 cm³/mol. The van der Waals surface area contributed by atoms with Crippen molar-refractivity contribution in [3.63, 3.8) is 0 Å². The van der Waals surface area contributed by atoms with Crippen LogP contribution in [0.15, 0.2) is 48.5 Å². The minimum Gasteiger partial charge on any atom is -0.453 e. The molecule has 1 aliphatic rings. The fourth-order valence-corrected chi connectivity index (χ4v) is 2.46. The molecule has 126 valence electrons. The van der Waals surface area contributed by atoms with Crippen LogP contribution in [-0.4, -0.2) is 17.8 Å². The van der Waals surface area contributed by atoms with E-state index in [2.05, 4.69) is 10.6 Å². The van der Waals surface area contributed by atoms with E-state index in [1.54, 1.807) is 43.3 Å². The van der Waals surface area contributed by atoms with Crippen molar-refractivity contribution in [2.45, 2.75) is 25.4 Å². The van der Waals surface area contributed by atoms with Crippen molar-refractivity contribution in [3.05, 3.63) is 59.7 Å². The van der Waals surface area contributed by atoms with E-state index < -0.39 is 17.8 Å². The third-order valence-electron chi connectivity index (χ3n) is 3.75. The van der Waals surface area contributed by atoms with Crippen molar-refractivity contribution < 1.29 is 22.7 Å². The number of rotatable bonds is 3. The monoisotopic (exact) mass is 336 g/mol. The highest BCUT2D eigenvalue weighted by Crippen LogP contribution is 2.41. The van der Waals surface area contributed by atoms with Crippen LogP contribution in [-0.2, 0) is 11.3 Å². The smallest absolute Gasteiger partial charge is 0.453 e. The van der Waals surface area contributed by atoms with Gasteiger partial charge in [-0.2, -0.15) is 13.2 Å². The Hall–Kier alpha value is -2.54. The molecule has 3 rings (SSSR count). The first-order chi connectivity index (χ1) is 11.3. The fraction of sp³-hybridized carbons (Fsp3) is 0.235. The Kier molecular flexibility index (Phi) is 3.96. The van der Waals surface area contributed by atoms with Gasteiger partial charge < -0.3 is 10.1 Å². The average Bonchev–Trinajstić information content (AvgIpc) is 2.53. The number of aryl methyl sites for hydroxylation is 1. The van der Waals surface area contributed by atoms with E-state index in [-0.39, 0.29) is 18.0 Å². The minimum atomic E-state index is -4.94. The number of carbonyl (C=O) groups is 1. The molecule has 4 nitrogen and oxygen atoms in total. The van der Waals surface area contributed by atoms with Crippen LogP contribution in [0.1, 0.15) is 11.1 Å². The number of fused-ring (bicyclic) bond motifs is 1. The van der Waals surface area contributed by atoms with E-state index >= 15 is 0 Å². The van der Waals surface area contributed by atoms with Crippen LogP contribution in [0.2, 0.25) is 0 Å². The number of ether oxygens (including phenoxy) is 1. The Bertz CT molecular complexity index is 762. The number of halogens is 3. The molecule has 0 aromatic heterocycles. The number of nitrogens with one attached hydrogen (secondary N) is 2. The summed E-state index contributed by atoms with van der Waals surface area (Å²) in [4.78, 5) is 12.2. The van der Waals surface area contributed by atoms with Crippen molar-refractivity contribution in [1.29, 1.82) is 0 Å². The van der Waals surface area contributed by atoms with Crippen LogP contribution in [0.4, 0.5) is 18.9 Å². The SMILES string of the molecule is Cc1ccc2c(c1)O[C@@](NCc1ccccc1)(C(F)(F)F)C(=O)N2. The summed E-state index contributed by atoms with van der Waals surface area (Å²) >= 11 is 0. The van der Waals surface area contributed by atoms with Gasteiger partial charge in [0.1, 0.15) is 5.75 Å². The van der Waals surface area contributed by atoms with Crippen molar-refractivity contribution in [2.75, 3.05) is 5.32 Å². The zero-order valence-corrected chi connectivity index (χ0v) is 12.8. The van der Waals surface area contributed by atoms with Crippen LogP contribution in [0, 0.1) is 6.92 Å². The van der Waals surface area contributed by atoms with Gasteiger partial charge in [-0.15, -0.1) is 0 Å². The highest BCUT2D eigenvalue weighted by Gasteiger charge is 2.65. The first-order valence-electron chi connectivity index (χ1n) is 7.29. The fourth-order valence-electron chi connectivity index (χ4n) is 2.46. The summed E-state index contributed by atoms with van der Waals surface area (Å²) in [7, 11) is 0. The number of hydrogen-bond donors (Lipinski definition) is 2. The van der Waals surface area contributed by atoms with Crippen molar-refractivity contribution in [1.82, 2.24) is 5.32 Å². The number of anilines is 1. The van der Waals surface area contributed by atoms with Gasteiger partial charge in [0.25, 0.3) is 5.91 Å². The topological polar surface area (TPSA) is 50.4 Å². The van der Waals surface area contributed by atoms with Crippen LogP contribution in [0.5, 0.6) is 5.75 Å². The number of carbonyl (C=O) groups excluding carboxylic acids is 1. The first-order valence-corrected chi connectivity index (χ1v) is 7.29. The second-order valence-electron chi connectivity index (χ2n) is 5.57. The maximum Gasteiger partial charge on any atom is 0.453 e. The molecular weight excluding hydrogens is 321 g/mol. The van der Waals surface area contributed by atoms with Crippen LogP contribution in [0.3, 0.4) is 0 Å². The summed E-state index contributed by atoms with van der Waals surface area (Å²) in [6, 6.07) is 13.1. The molecule has 1 amide bonds. The molecule has 1 aliphatic heterocycles. The second-order valence-corrected chi connectivity index (χ2v) is 5.57. The lowest BCUT2D eigenvalue weighted by Crippen LogP contribution is -2.69. The molecule has 2 N–H and O–H groups in total. The molecule has 1 atom stereocenters. The molecular formula is C17H15F3N2O2. The van der Waals surface area contributed by atoms with Gasteiger partial charge >= 0.3 is 11.9 Å². The molecule has 0 fully saturated rings. The highest BCUT2D eigenvalue weighted by atomic mass is 19.4. The quantitative estimate of drug-likeness (QED) is 0.903. The third-order valence-corrected chi connectivity index (χ3v) is 3.75. The number of alkyl halides is 3. The van der Waals surface area contributed by atoms with Crippen LogP contribution < -0.4 is 15.4 Å². The molecule has 0 saturated carbocycles. The highest BCUT2D eigenvalue weighted by molar-refractivity contribution is 6.01. The summed E-state index contributed by atoms with van der Waals surface area (Å²) in [6.45, 7) is 1.56. The van der Waals surface area contributed by atoms with Crippen LogP contribution >= 0.6 is 0 Å². The summed E-state index contributed by atoms with van der Waals surface area (Å²) in [6.07, 6.45) is -4.94. The lowest BCUT2D eigenvalue weighted by molar-refractivity contribution is -0.251. The zero-order chi connectivity index (χ0) is 17.4. The standard InChI is InChI=1S/C17H15F3N2O2/c1-11-7-8-13-14(9-11)24-16(15(23)22-13,17(18,19)20)21-10-12-5-3-2-4-6-12/h2-9,21H,10H2,1H3,(H,22,23)/t16-/m1/s1. The van der Waals surface area contributed by atoms with Crippen molar-refractivity contribution >= 4 is 11.6 Å². The largest absolute Gasteiger partial charge is 0.453 e. The van der Waals surface area contributed by atoms with E-state index in [9.17, 15) is 18.0 Å². The van der Waals surface area contributed by atoms with Crippen molar-refractivity contribution in [2.24, 2.45) is 0 Å². The maximum atomic E-state index is 13.7. The minimum absolute atomic E-state index is 0.0208. The van der Waals surface area contributed by atoms with E-state index in [1.165, 1.54) is 12.1 Å². The Morgan fingerprint density at radius 1 is 1.17 bits per heavy atom. The zero-order valence-electron chi connectivity index (χ0n) is 12.8. The first kappa shape index (κ1) is 16.3. The van der Waals surface area contributed by atoms with Gasteiger partial charge in [-0.3, -0.25) is 10.1 Å². The van der Waals surface area contributed by atoms with Gasteiger partial charge in [0.05, 0.1) is 5.69 Å². The lowest BCUT2D eigenvalue weighted by Gasteiger charge is -2.39. The summed E-state index contributed by atoms with van der Waals surface area (Å²) in [5, 5.41) is 4.52. The molecule has 24 heavy (non-hydrogen) atoms. The maximum absolute atomic E-state index is 13.7. The Morgan fingerprint density at radius 2 is 1.88 bits per heavy atom. The molecule has 0 unspecified atom stereocenters. The van der Waals surface area contributed by atoms with Crippen LogP contribution in [0.25, 0.3) is 0 Å². The molecule has 0 aliphatic carbocycles. The van der Waals surface area contributed by atoms with Gasteiger partial charge in [0, 0.05) is 6.54 Å². The third kappa shape index (κ3) is 2.82. The Balaban J connectivity index is 1.95. The molecule has 0 saturated heterocycles. The molecule has 0 spiro atoms. The number of hydrogen-bond acceptors (Lipinski definition) is 3. The van der Waals surface area contributed by atoms with E-state index in [4.69, 9.17) is 4.74 Å². The molecule has 2 aromatic carbocycles. The summed E-state index contributed by atoms with van der Waals surface area (Å²) in [5.74, 6) is -1.31. The van der Waals surface area contributed by atoms with Gasteiger partial charge in [-0.25, -0.2) is 0 Å². The summed E-state index contributed by atoms with van der Waals surface area (Å²) < 4.78 is 46.2. The van der Waals surface area contributed by atoms with E-state index in [1.807, 2.05) is 0 Å². The Morgan fingerprint density at radius 3 is 2.54 bits per heavy atom. The molecule has 7 heteroatoms. The van der Waals surface area contributed by atoms with E-state index in [0.717, 1.165) is 5.56 Å².